The van der Waals surface area contributed by atoms with E-state index in [-0.39, 0.29) is 24.7 Å². The van der Waals surface area contributed by atoms with Gasteiger partial charge in [0.1, 0.15) is 23.7 Å². The number of nitrogen functional groups attached to an aromatic ring is 2. The van der Waals surface area contributed by atoms with Crippen LogP contribution in [0.5, 0.6) is 0 Å². The van der Waals surface area contributed by atoms with Crippen molar-refractivity contribution in [2.24, 2.45) is 4.99 Å². The highest BCUT2D eigenvalue weighted by molar-refractivity contribution is 5.92. The van der Waals surface area contributed by atoms with E-state index in [4.69, 9.17) is 11.5 Å². The molecule has 2 aromatic carbocycles. The molecule has 2 amide bonds. The number of hydrogen-bond acceptors (Lipinski definition) is 11. The minimum Gasteiger partial charge on any atom is -0.382 e. The Balaban J connectivity index is 0.963. The minimum absolute atomic E-state index is 0.141. The van der Waals surface area contributed by atoms with Crippen molar-refractivity contribution in [3.8, 4) is 0 Å². The Morgan fingerprint density at radius 3 is 1.66 bits per heavy atom. The van der Waals surface area contributed by atoms with Crippen molar-refractivity contribution in [1.82, 2.24) is 39.0 Å². The normalized spacial score (nSPS) is 11.4. The number of hydrogen-bond donors (Lipinski definition) is 4. The second-order valence-electron chi connectivity index (χ2n) is 9.76. The summed E-state index contributed by atoms with van der Waals surface area (Å²) in [5, 5.41) is 5.77. The fourth-order valence-corrected chi connectivity index (χ4v) is 4.45. The molecule has 0 aliphatic rings. The quantitative estimate of drug-likeness (QED) is 0.172. The van der Waals surface area contributed by atoms with Crippen LogP contribution in [0.25, 0.3) is 22.3 Å². The number of aliphatic imine (C=N–C) groups is 1. The number of aromatic nitrogens is 8. The van der Waals surface area contributed by atoms with Gasteiger partial charge in [0.25, 0.3) is 0 Å². The average molecular weight is 590 g/mol. The molecule has 0 aliphatic carbocycles. The van der Waals surface area contributed by atoms with E-state index in [1.165, 1.54) is 12.7 Å². The molecule has 0 spiro atoms. The predicted octanol–water partition coefficient (Wildman–Crippen LogP) is 2.94. The molecule has 6 aromatic rings. The van der Waals surface area contributed by atoms with Crippen LogP contribution in [0.4, 0.5) is 28.7 Å². The molecule has 4 heterocycles. The summed E-state index contributed by atoms with van der Waals surface area (Å²) in [5.41, 5.74) is 16.8. The molecule has 6 rings (SSSR count). The van der Waals surface area contributed by atoms with Crippen molar-refractivity contribution in [3.05, 3.63) is 79.4 Å². The predicted molar refractivity (Wildman–Crippen MR) is 166 cm³/mol. The van der Waals surface area contributed by atoms with E-state index in [2.05, 4.69) is 45.5 Å². The number of benzene rings is 2. The number of anilines is 4. The lowest BCUT2D eigenvalue weighted by atomic mass is 10.2. The summed E-state index contributed by atoms with van der Waals surface area (Å²) in [4.78, 5) is 54.1. The Morgan fingerprint density at radius 2 is 1.16 bits per heavy atom. The zero-order valence-electron chi connectivity index (χ0n) is 23.3. The lowest BCUT2D eigenvalue weighted by Gasteiger charge is -2.07. The number of nitrogens with one attached hydrogen (secondary N) is 2. The third-order valence-corrected chi connectivity index (χ3v) is 6.73. The minimum atomic E-state index is -0.146. The number of fused-ring (bicyclic) bond motifs is 2. The molecular formula is C29H27N13O2. The summed E-state index contributed by atoms with van der Waals surface area (Å²) in [6, 6.07) is 14.6. The third-order valence-electron chi connectivity index (χ3n) is 6.73. The van der Waals surface area contributed by atoms with Gasteiger partial charge >= 0.3 is 0 Å². The first-order chi connectivity index (χ1) is 21.4. The number of amides is 2. The molecule has 15 heteroatoms. The van der Waals surface area contributed by atoms with Gasteiger partial charge in [0.15, 0.2) is 22.9 Å². The molecule has 220 valence electrons. The van der Waals surface area contributed by atoms with Gasteiger partial charge in [0.2, 0.25) is 11.8 Å². The van der Waals surface area contributed by atoms with Crippen LogP contribution < -0.4 is 22.1 Å². The first-order valence-corrected chi connectivity index (χ1v) is 13.6. The van der Waals surface area contributed by atoms with Crippen molar-refractivity contribution in [1.29, 1.82) is 0 Å². The first-order valence-electron chi connectivity index (χ1n) is 13.6. The fraction of sp³-hybridized carbons (Fsp3) is 0.138. The number of nitrogens with zero attached hydrogens (tertiary/aromatic N) is 9. The molecule has 6 N–H and O–H groups in total. The van der Waals surface area contributed by atoms with E-state index < -0.39 is 0 Å². The Hall–Kier alpha value is -6.25. The second kappa shape index (κ2) is 12.3. The Bertz CT molecular complexity index is 1840. The largest absolute Gasteiger partial charge is 0.382 e. The first kappa shape index (κ1) is 27.9. The van der Waals surface area contributed by atoms with Crippen LogP contribution in [0, 0.1) is 0 Å². The zero-order valence-corrected chi connectivity index (χ0v) is 23.3. The molecule has 0 saturated heterocycles. The van der Waals surface area contributed by atoms with Crippen molar-refractivity contribution < 1.29 is 9.59 Å². The van der Waals surface area contributed by atoms with Gasteiger partial charge in [-0.1, -0.05) is 12.1 Å². The number of nitrogens with two attached hydrogens (primary N) is 2. The summed E-state index contributed by atoms with van der Waals surface area (Å²) in [6.07, 6.45) is 8.14. The van der Waals surface area contributed by atoms with Crippen molar-refractivity contribution in [3.63, 3.8) is 0 Å². The highest BCUT2D eigenvalue weighted by Gasteiger charge is 2.11. The molecule has 0 bridgehead atoms. The van der Waals surface area contributed by atoms with Gasteiger partial charge in [-0.05, 0) is 42.0 Å². The molecular weight excluding hydrogens is 562 g/mol. The maximum Gasteiger partial charge on any atom is 0.226 e. The zero-order chi connectivity index (χ0) is 30.5. The van der Waals surface area contributed by atoms with Gasteiger partial charge in [0.05, 0.1) is 18.3 Å². The summed E-state index contributed by atoms with van der Waals surface area (Å²) in [6.45, 7) is 0.805. The van der Waals surface area contributed by atoms with Gasteiger partial charge < -0.3 is 31.2 Å². The van der Waals surface area contributed by atoms with E-state index >= 15 is 0 Å². The van der Waals surface area contributed by atoms with E-state index in [0.29, 0.717) is 58.4 Å². The Morgan fingerprint density at radius 1 is 0.682 bits per heavy atom. The summed E-state index contributed by atoms with van der Waals surface area (Å²) in [5.74, 6) is 0.320. The van der Waals surface area contributed by atoms with Crippen LogP contribution in [0.15, 0.2) is 78.8 Å². The molecule has 0 fully saturated rings. The van der Waals surface area contributed by atoms with Crippen molar-refractivity contribution in [2.45, 2.75) is 25.9 Å². The SMILES string of the molecule is Nc1ncnc2c1ncn2CCC(=O)Nc1ccc(/C=N/c2ccc(NC(=O)CCn3cnc4c(N)ncnc43)cc2)cc1. The number of carbonyl (C=O) groups excluding carboxylic acids is 2. The molecule has 0 radical (unpaired) electrons. The second-order valence-corrected chi connectivity index (χ2v) is 9.76. The van der Waals surface area contributed by atoms with Crippen LogP contribution in [0.1, 0.15) is 18.4 Å². The fourth-order valence-electron chi connectivity index (χ4n) is 4.45. The van der Waals surface area contributed by atoms with E-state index in [0.717, 1.165) is 11.3 Å². The van der Waals surface area contributed by atoms with E-state index in [9.17, 15) is 9.59 Å². The number of carbonyl (C=O) groups is 2. The summed E-state index contributed by atoms with van der Waals surface area (Å²) in [7, 11) is 0. The number of rotatable bonds is 10. The smallest absolute Gasteiger partial charge is 0.226 e. The molecule has 0 saturated carbocycles. The third kappa shape index (κ3) is 6.30. The van der Waals surface area contributed by atoms with Gasteiger partial charge in [-0.3, -0.25) is 14.6 Å². The average Bonchev–Trinajstić information content (AvgIpc) is 3.65. The Kier molecular flexibility index (Phi) is 7.81. The van der Waals surface area contributed by atoms with Crippen LogP contribution in [0.3, 0.4) is 0 Å². The van der Waals surface area contributed by atoms with E-state index in [1.807, 2.05) is 36.4 Å². The lowest BCUT2D eigenvalue weighted by Crippen LogP contribution is -2.14. The maximum absolute atomic E-state index is 12.5. The van der Waals surface area contributed by atoms with Gasteiger partial charge in [-0.15, -0.1) is 0 Å². The van der Waals surface area contributed by atoms with Gasteiger partial charge in [0, 0.05) is 43.5 Å². The van der Waals surface area contributed by atoms with Crippen LogP contribution in [0.2, 0.25) is 0 Å². The van der Waals surface area contributed by atoms with E-state index in [1.54, 1.807) is 40.1 Å². The van der Waals surface area contributed by atoms with Gasteiger partial charge in [-0.2, -0.15) is 0 Å². The molecule has 4 aromatic heterocycles. The van der Waals surface area contributed by atoms with Gasteiger partial charge in [-0.25, -0.2) is 29.9 Å². The number of aryl methyl sites for hydroxylation is 2. The standard InChI is InChI=1S/C29H27N13O2/c30-26-24-28(35-14-33-26)41(16-37-24)11-9-22(43)39-20-3-1-18(2-4-20)13-32-19-5-7-21(8-6-19)40-23(44)10-12-42-17-38-25-27(31)34-15-36-29(25)42/h1-8,13-17H,9-12H2,(H,39,43)(H,40,44)(H2,30,33,35)(H2,31,34,36)/b32-13+. The van der Waals surface area contributed by atoms with Crippen LogP contribution >= 0.6 is 0 Å². The number of imidazole rings is 2. The monoisotopic (exact) mass is 589 g/mol. The Labute approximate surface area is 250 Å². The molecule has 0 aliphatic heterocycles. The summed E-state index contributed by atoms with van der Waals surface area (Å²) >= 11 is 0. The highest BCUT2D eigenvalue weighted by Crippen LogP contribution is 2.19. The molecule has 44 heavy (non-hydrogen) atoms. The molecule has 0 unspecified atom stereocenters. The van der Waals surface area contributed by atoms with Crippen LogP contribution in [-0.4, -0.2) is 57.1 Å². The van der Waals surface area contributed by atoms with Crippen molar-refractivity contribution in [2.75, 3.05) is 22.1 Å². The van der Waals surface area contributed by atoms with Crippen LogP contribution in [-0.2, 0) is 22.7 Å². The molecule has 15 nitrogen and oxygen atoms in total. The van der Waals surface area contributed by atoms with Crippen molar-refractivity contribution >= 4 is 69.1 Å². The lowest BCUT2D eigenvalue weighted by molar-refractivity contribution is -0.117. The highest BCUT2D eigenvalue weighted by atomic mass is 16.2. The molecule has 0 atom stereocenters. The topological polar surface area (TPSA) is 210 Å². The maximum atomic E-state index is 12.5. The summed E-state index contributed by atoms with van der Waals surface area (Å²) < 4.78 is 3.54.